The van der Waals surface area contributed by atoms with Crippen molar-refractivity contribution in [1.29, 1.82) is 0 Å². The molecular formula is C19H22ClNO4S. The Balaban J connectivity index is 2.06. The summed E-state index contributed by atoms with van der Waals surface area (Å²) >= 11 is 6.24. The standard InChI is InChI=1S/C19H22ClNO4S/c1-11(2)26(24,25)13-5-3-12(4-6-13)16-10-21-8-7-14-15(16)9-17(22)19(23)18(14)20/h3-6,9,11,16,21-23H,7-8,10H2,1-2H3. The molecular weight excluding hydrogens is 374 g/mol. The Hall–Kier alpha value is -1.76. The minimum Gasteiger partial charge on any atom is -0.504 e. The van der Waals surface area contributed by atoms with Gasteiger partial charge in [-0.15, -0.1) is 0 Å². The quantitative estimate of drug-likeness (QED) is 0.694. The molecule has 3 rings (SSSR count). The van der Waals surface area contributed by atoms with Crippen LogP contribution in [0.25, 0.3) is 0 Å². The van der Waals surface area contributed by atoms with Gasteiger partial charge < -0.3 is 15.5 Å². The van der Waals surface area contributed by atoms with Gasteiger partial charge in [-0.3, -0.25) is 0 Å². The monoisotopic (exact) mass is 395 g/mol. The highest BCUT2D eigenvalue weighted by Crippen LogP contribution is 2.42. The molecule has 7 heteroatoms. The summed E-state index contributed by atoms with van der Waals surface area (Å²) in [6.07, 6.45) is 0.637. The summed E-state index contributed by atoms with van der Waals surface area (Å²) in [5.74, 6) is -0.656. The van der Waals surface area contributed by atoms with Gasteiger partial charge >= 0.3 is 0 Å². The number of fused-ring (bicyclic) bond motifs is 1. The molecule has 0 fully saturated rings. The number of hydrogen-bond donors (Lipinski definition) is 3. The normalized spacial score (nSPS) is 17.8. The van der Waals surface area contributed by atoms with Crippen LogP contribution in [0.15, 0.2) is 35.2 Å². The largest absolute Gasteiger partial charge is 0.504 e. The van der Waals surface area contributed by atoms with Gasteiger partial charge in [0, 0.05) is 12.5 Å². The Morgan fingerprint density at radius 3 is 2.46 bits per heavy atom. The summed E-state index contributed by atoms with van der Waals surface area (Å²) in [6, 6.07) is 8.39. The lowest BCUT2D eigenvalue weighted by atomic mass is 9.87. The number of sulfone groups is 1. The topological polar surface area (TPSA) is 86.6 Å². The molecule has 1 unspecified atom stereocenters. The second kappa shape index (κ2) is 7.10. The number of hydrogen-bond acceptors (Lipinski definition) is 5. The van der Waals surface area contributed by atoms with Gasteiger partial charge in [0.25, 0.3) is 0 Å². The number of rotatable bonds is 3. The third kappa shape index (κ3) is 3.29. The fourth-order valence-electron chi connectivity index (χ4n) is 3.28. The van der Waals surface area contributed by atoms with Crippen LogP contribution in [0.3, 0.4) is 0 Å². The lowest BCUT2D eigenvalue weighted by molar-refractivity contribution is 0.402. The van der Waals surface area contributed by atoms with E-state index in [2.05, 4.69) is 5.32 Å². The molecule has 1 aliphatic heterocycles. The maximum absolute atomic E-state index is 12.3. The predicted molar refractivity (Wildman–Crippen MR) is 102 cm³/mol. The molecule has 1 atom stereocenters. The summed E-state index contributed by atoms with van der Waals surface area (Å²) in [6.45, 7) is 4.65. The number of benzene rings is 2. The zero-order valence-corrected chi connectivity index (χ0v) is 16.2. The van der Waals surface area contributed by atoms with Crippen LogP contribution in [0.2, 0.25) is 5.02 Å². The van der Waals surface area contributed by atoms with Gasteiger partial charge in [0.2, 0.25) is 0 Å². The number of phenols is 2. The van der Waals surface area contributed by atoms with E-state index in [0.29, 0.717) is 24.4 Å². The molecule has 0 bridgehead atoms. The van der Waals surface area contributed by atoms with Crippen molar-refractivity contribution in [3.05, 3.63) is 52.0 Å². The molecule has 3 N–H and O–H groups in total. The number of phenolic OH excluding ortho intramolecular Hbond substituents is 2. The van der Waals surface area contributed by atoms with E-state index in [1.165, 1.54) is 0 Å². The van der Waals surface area contributed by atoms with E-state index in [9.17, 15) is 18.6 Å². The van der Waals surface area contributed by atoms with E-state index in [0.717, 1.165) is 16.7 Å². The fraction of sp³-hybridized carbons (Fsp3) is 0.368. The number of aromatic hydroxyl groups is 2. The van der Waals surface area contributed by atoms with Crippen LogP contribution in [0.1, 0.15) is 36.5 Å². The van der Waals surface area contributed by atoms with Crippen molar-refractivity contribution in [2.24, 2.45) is 0 Å². The minimum absolute atomic E-state index is 0.104. The van der Waals surface area contributed by atoms with E-state index in [4.69, 9.17) is 11.6 Å². The maximum atomic E-state index is 12.3. The Bertz CT molecular complexity index is 924. The van der Waals surface area contributed by atoms with Crippen LogP contribution < -0.4 is 5.32 Å². The van der Waals surface area contributed by atoms with Gasteiger partial charge in [0.1, 0.15) is 0 Å². The molecule has 140 valence electrons. The van der Waals surface area contributed by atoms with Gasteiger partial charge in [-0.1, -0.05) is 23.7 Å². The van der Waals surface area contributed by atoms with Gasteiger partial charge in [-0.2, -0.15) is 0 Å². The van der Waals surface area contributed by atoms with Crippen molar-refractivity contribution in [1.82, 2.24) is 5.32 Å². The molecule has 0 saturated heterocycles. The summed E-state index contributed by atoms with van der Waals surface area (Å²) in [5, 5.41) is 22.9. The van der Waals surface area contributed by atoms with Crippen molar-refractivity contribution >= 4 is 21.4 Å². The van der Waals surface area contributed by atoms with Crippen LogP contribution in [0.5, 0.6) is 11.5 Å². The van der Waals surface area contributed by atoms with Crippen LogP contribution >= 0.6 is 11.6 Å². The zero-order chi connectivity index (χ0) is 19.1. The molecule has 2 aromatic carbocycles. The Morgan fingerprint density at radius 2 is 1.85 bits per heavy atom. The van der Waals surface area contributed by atoms with Crippen molar-refractivity contribution in [3.63, 3.8) is 0 Å². The SMILES string of the molecule is CC(C)S(=O)(=O)c1ccc(C2CNCCc3c2cc(O)c(O)c3Cl)cc1. The zero-order valence-electron chi connectivity index (χ0n) is 14.7. The number of halogens is 1. The predicted octanol–water partition coefficient (Wildman–Crippen LogP) is 3.21. The summed E-state index contributed by atoms with van der Waals surface area (Å²) in [4.78, 5) is 0.296. The maximum Gasteiger partial charge on any atom is 0.180 e. The molecule has 0 saturated carbocycles. The van der Waals surface area contributed by atoms with E-state index in [1.807, 2.05) is 0 Å². The molecule has 0 aromatic heterocycles. The molecule has 1 aliphatic rings. The molecule has 1 heterocycles. The van der Waals surface area contributed by atoms with Gasteiger partial charge in [-0.05, 0) is 61.7 Å². The third-order valence-corrected chi connectivity index (χ3v) is 7.44. The van der Waals surface area contributed by atoms with Gasteiger partial charge in [0.05, 0.1) is 15.2 Å². The van der Waals surface area contributed by atoms with Crippen LogP contribution in [-0.2, 0) is 16.3 Å². The van der Waals surface area contributed by atoms with E-state index in [-0.39, 0.29) is 22.4 Å². The van der Waals surface area contributed by atoms with Crippen molar-refractivity contribution in [2.45, 2.75) is 36.3 Å². The lowest BCUT2D eigenvalue weighted by Crippen LogP contribution is -2.21. The third-order valence-electron chi connectivity index (χ3n) is 4.86. The average molecular weight is 396 g/mol. The lowest BCUT2D eigenvalue weighted by Gasteiger charge is -2.20. The van der Waals surface area contributed by atoms with E-state index >= 15 is 0 Å². The first-order valence-electron chi connectivity index (χ1n) is 8.51. The molecule has 5 nitrogen and oxygen atoms in total. The highest BCUT2D eigenvalue weighted by molar-refractivity contribution is 7.92. The van der Waals surface area contributed by atoms with Gasteiger partial charge in [0.15, 0.2) is 21.3 Å². The van der Waals surface area contributed by atoms with Crippen molar-refractivity contribution < 1.29 is 18.6 Å². The molecule has 26 heavy (non-hydrogen) atoms. The summed E-state index contributed by atoms with van der Waals surface area (Å²) in [7, 11) is -3.32. The molecule has 0 aliphatic carbocycles. The van der Waals surface area contributed by atoms with E-state index in [1.54, 1.807) is 44.2 Å². The smallest absolute Gasteiger partial charge is 0.180 e. The molecule has 0 radical (unpaired) electrons. The average Bonchev–Trinajstić information content (AvgIpc) is 2.82. The van der Waals surface area contributed by atoms with Crippen molar-refractivity contribution in [2.75, 3.05) is 13.1 Å². The molecule has 2 aromatic rings. The number of nitrogens with one attached hydrogen (secondary N) is 1. The first kappa shape index (κ1) is 19.0. The van der Waals surface area contributed by atoms with Gasteiger partial charge in [-0.25, -0.2) is 8.42 Å². The molecule has 0 spiro atoms. The highest BCUT2D eigenvalue weighted by Gasteiger charge is 2.26. The van der Waals surface area contributed by atoms with E-state index < -0.39 is 15.1 Å². The second-order valence-electron chi connectivity index (χ2n) is 6.80. The van der Waals surface area contributed by atoms with Crippen molar-refractivity contribution in [3.8, 4) is 11.5 Å². The van der Waals surface area contributed by atoms with Crippen LogP contribution in [0, 0.1) is 0 Å². The first-order chi connectivity index (χ1) is 12.2. The molecule has 0 amide bonds. The highest BCUT2D eigenvalue weighted by atomic mass is 35.5. The Labute approximate surface area is 158 Å². The first-order valence-corrected chi connectivity index (χ1v) is 10.4. The van der Waals surface area contributed by atoms with Crippen LogP contribution in [0.4, 0.5) is 0 Å². The summed E-state index contributed by atoms with van der Waals surface area (Å²) in [5.41, 5.74) is 2.56. The van der Waals surface area contributed by atoms with Crippen LogP contribution in [-0.4, -0.2) is 37.0 Å². The Kier molecular flexibility index (Phi) is 5.19. The Morgan fingerprint density at radius 1 is 1.19 bits per heavy atom. The summed E-state index contributed by atoms with van der Waals surface area (Å²) < 4.78 is 24.6. The second-order valence-corrected chi connectivity index (χ2v) is 9.68. The minimum atomic E-state index is -3.32. The fourth-order valence-corrected chi connectivity index (χ4v) is 4.64.